The van der Waals surface area contributed by atoms with E-state index in [0.717, 1.165) is 18.5 Å². The van der Waals surface area contributed by atoms with E-state index in [-0.39, 0.29) is 11.9 Å². The van der Waals surface area contributed by atoms with Crippen molar-refractivity contribution in [3.05, 3.63) is 35.4 Å². The van der Waals surface area contributed by atoms with Crippen LogP contribution < -0.4 is 5.32 Å². The molecule has 1 amide bonds. The van der Waals surface area contributed by atoms with Crippen molar-refractivity contribution >= 4 is 5.91 Å². The Morgan fingerprint density at radius 1 is 1.53 bits per heavy atom. The maximum Gasteiger partial charge on any atom is 0.239 e. The van der Waals surface area contributed by atoms with E-state index in [9.17, 15) is 9.90 Å². The molecule has 2 atom stereocenters. The van der Waals surface area contributed by atoms with Crippen LogP contribution >= 0.6 is 0 Å². The lowest BCUT2D eigenvalue weighted by molar-refractivity contribution is -0.128. The predicted molar refractivity (Wildman–Crippen MR) is 70.2 cm³/mol. The summed E-state index contributed by atoms with van der Waals surface area (Å²) in [7, 11) is 1.78. The van der Waals surface area contributed by atoms with Gasteiger partial charge in [-0.25, -0.2) is 0 Å². The molecule has 0 saturated carbocycles. The van der Waals surface area contributed by atoms with Gasteiger partial charge < -0.3 is 15.3 Å². The van der Waals surface area contributed by atoms with E-state index in [4.69, 9.17) is 5.26 Å². The molecule has 1 aromatic carbocycles. The minimum absolute atomic E-state index is 0.0760. The molecule has 0 bridgehead atoms. The zero-order chi connectivity index (χ0) is 13.8. The summed E-state index contributed by atoms with van der Waals surface area (Å²) in [6, 6.07) is 8.64. The number of likely N-dealkylation sites (N-methyl/N-ethyl adjacent to an activating group) is 1. The first-order valence-electron chi connectivity index (χ1n) is 6.28. The van der Waals surface area contributed by atoms with Crippen LogP contribution in [0, 0.1) is 11.3 Å². The highest BCUT2D eigenvalue weighted by Crippen LogP contribution is 2.14. The predicted octanol–water partition coefficient (Wildman–Crippen LogP) is 0.412. The molecule has 2 unspecified atom stereocenters. The number of hydrogen-bond acceptors (Lipinski definition) is 4. The Morgan fingerprint density at radius 3 is 2.74 bits per heavy atom. The number of nitriles is 1. The van der Waals surface area contributed by atoms with Crippen molar-refractivity contribution in [1.82, 2.24) is 10.2 Å². The van der Waals surface area contributed by atoms with Gasteiger partial charge in [0.2, 0.25) is 5.91 Å². The van der Waals surface area contributed by atoms with Crippen LogP contribution in [0.4, 0.5) is 0 Å². The van der Waals surface area contributed by atoms with Crippen molar-refractivity contribution in [3.8, 4) is 6.07 Å². The lowest BCUT2D eigenvalue weighted by Gasteiger charge is -2.16. The third-order valence-electron chi connectivity index (χ3n) is 3.41. The fourth-order valence-electron chi connectivity index (χ4n) is 2.16. The monoisotopic (exact) mass is 259 g/mol. The molecule has 0 aliphatic carbocycles. The number of amides is 1. The van der Waals surface area contributed by atoms with Gasteiger partial charge in [0.15, 0.2) is 0 Å². The molecule has 1 saturated heterocycles. The van der Waals surface area contributed by atoms with Crippen molar-refractivity contribution < 1.29 is 9.90 Å². The first-order chi connectivity index (χ1) is 9.11. The Hall–Kier alpha value is -1.90. The number of benzene rings is 1. The van der Waals surface area contributed by atoms with Crippen LogP contribution in [0.2, 0.25) is 0 Å². The van der Waals surface area contributed by atoms with Gasteiger partial charge in [0.05, 0.1) is 23.8 Å². The average Bonchev–Trinajstić information content (AvgIpc) is 2.76. The topological polar surface area (TPSA) is 76.4 Å². The average molecular weight is 259 g/mol. The molecule has 1 fully saturated rings. The maximum atomic E-state index is 11.7. The van der Waals surface area contributed by atoms with Gasteiger partial charge in [-0.15, -0.1) is 0 Å². The fourth-order valence-corrected chi connectivity index (χ4v) is 2.16. The molecule has 1 aliphatic rings. The molecule has 5 nitrogen and oxygen atoms in total. The molecule has 100 valence electrons. The molecule has 0 aromatic heterocycles. The van der Waals surface area contributed by atoms with Crippen LogP contribution in [0.5, 0.6) is 0 Å². The zero-order valence-corrected chi connectivity index (χ0v) is 10.8. The van der Waals surface area contributed by atoms with Crippen molar-refractivity contribution in [2.75, 3.05) is 20.1 Å². The van der Waals surface area contributed by atoms with Gasteiger partial charge >= 0.3 is 0 Å². The van der Waals surface area contributed by atoms with Crippen LogP contribution in [0.15, 0.2) is 24.3 Å². The van der Waals surface area contributed by atoms with Gasteiger partial charge in [0.25, 0.3) is 0 Å². The summed E-state index contributed by atoms with van der Waals surface area (Å²) in [4.78, 5) is 13.4. The molecule has 1 heterocycles. The minimum atomic E-state index is -0.675. The van der Waals surface area contributed by atoms with E-state index in [0.29, 0.717) is 12.1 Å². The Morgan fingerprint density at radius 2 is 2.21 bits per heavy atom. The van der Waals surface area contributed by atoms with E-state index >= 15 is 0 Å². The molecular formula is C14H17N3O2. The van der Waals surface area contributed by atoms with Gasteiger partial charge in [0, 0.05) is 20.1 Å². The van der Waals surface area contributed by atoms with E-state index in [1.54, 1.807) is 36.2 Å². The number of carbonyl (C=O) groups excluding carboxylic acids is 1. The Balaban J connectivity index is 1.89. The summed E-state index contributed by atoms with van der Waals surface area (Å²) in [6.45, 7) is 1.08. The quantitative estimate of drug-likeness (QED) is 0.821. The van der Waals surface area contributed by atoms with E-state index in [1.807, 2.05) is 6.07 Å². The molecule has 1 aliphatic heterocycles. The molecular weight excluding hydrogens is 242 g/mol. The SMILES string of the molecule is CN1CCC(NCC(O)c2ccc(C#N)cc2)C1=O. The van der Waals surface area contributed by atoms with Crippen LogP contribution in [0.25, 0.3) is 0 Å². The Labute approximate surface area is 112 Å². The van der Waals surface area contributed by atoms with Gasteiger partial charge in [-0.2, -0.15) is 5.26 Å². The molecule has 5 heteroatoms. The van der Waals surface area contributed by atoms with Gasteiger partial charge in [-0.3, -0.25) is 4.79 Å². The summed E-state index contributed by atoms with van der Waals surface area (Å²) in [6.07, 6.45) is 0.0987. The number of hydrogen-bond donors (Lipinski definition) is 2. The second kappa shape index (κ2) is 5.83. The van der Waals surface area contributed by atoms with Crippen molar-refractivity contribution in [3.63, 3.8) is 0 Å². The number of carbonyl (C=O) groups is 1. The van der Waals surface area contributed by atoms with Gasteiger partial charge in [-0.05, 0) is 24.1 Å². The summed E-state index contributed by atoms with van der Waals surface area (Å²) in [5.74, 6) is 0.0760. The van der Waals surface area contributed by atoms with Crippen LogP contribution in [-0.4, -0.2) is 42.1 Å². The summed E-state index contributed by atoms with van der Waals surface area (Å²) < 4.78 is 0. The van der Waals surface area contributed by atoms with Crippen LogP contribution in [0.3, 0.4) is 0 Å². The van der Waals surface area contributed by atoms with Gasteiger partial charge in [-0.1, -0.05) is 12.1 Å². The van der Waals surface area contributed by atoms with E-state index in [2.05, 4.69) is 5.32 Å². The van der Waals surface area contributed by atoms with E-state index < -0.39 is 6.10 Å². The number of likely N-dealkylation sites (tertiary alicyclic amines) is 1. The molecule has 0 radical (unpaired) electrons. The van der Waals surface area contributed by atoms with Crippen LogP contribution in [-0.2, 0) is 4.79 Å². The zero-order valence-electron chi connectivity index (χ0n) is 10.8. The summed E-state index contributed by atoms with van der Waals surface area (Å²) >= 11 is 0. The minimum Gasteiger partial charge on any atom is -0.387 e. The number of nitrogens with zero attached hydrogens (tertiary/aromatic N) is 2. The Kier molecular flexibility index (Phi) is 4.15. The number of rotatable bonds is 4. The lowest BCUT2D eigenvalue weighted by atomic mass is 10.1. The highest BCUT2D eigenvalue weighted by atomic mass is 16.3. The second-order valence-corrected chi connectivity index (χ2v) is 4.76. The van der Waals surface area contributed by atoms with E-state index in [1.165, 1.54) is 0 Å². The number of nitrogens with one attached hydrogen (secondary N) is 1. The van der Waals surface area contributed by atoms with Crippen molar-refractivity contribution in [2.24, 2.45) is 0 Å². The second-order valence-electron chi connectivity index (χ2n) is 4.76. The van der Waals surface area contributed by atoms with Crippen LogP contribution in [0.1, 0.15) is 23.7 Å². The van der Waals surface area contributed by atoms with Gasteiger partial charge in [0.1, 0.15) is 0 Å². The standard InChI is InChI=1S/C14H17N3O2/c1-17-7-6-12(14(17)19)16-9-13(18)11-4-2-10(8-15)3-5-11/h2-5,12-13,16,18H,6-7,9H2,1H3. The highest BCUT2D eigenvalue weighted by Gasteiger charge is 2.28. The number of aliphatic hydroxyl groups is 1. The highest BCUT2D eigenvalue weighted by molar-refractivity contribution is 5.83. The number of aliphatic hydroxyl groups excluding tert-OH is 1. The van der Waals surface area contributed by atoms with Crippen molar-refractivity contribution in [1.29, 1.82) is 5.26 Å². The third kappa shape index (κ3) is 3.11. The summed E-state index contributed by atoms with van der Waals surface area (Å²) in [5, 5.41) is 21.8. The third-order valence-corrected chi connectivity index (χ3v) is 3.41. The molecule has 19 heavy (non-hydrogen) atoms. The lowest BCUT2D eigenvalue weighted by Crippen LogP contribution is -2.38. The molecule has 1 aromatic rings. The first-order valence-corrected chi connectivity index (χ1v) is 6.28. The molecule has 2 N–H and O–H groups in total. The van der Waals surface area contributed by atoms with Crippen molar-refractivity contribution in [2.45, 2.75) is 18.6 Å². The molecule has 2 rings (SSSR count). The smallest absolute Gasteiger partial charge is 0.239 e. The fraction of sp³-hybridized carbons (Fsp3) is 0.429. The molecule has 0 spiro atoms. The maximum absolute atomic E-state index is 11.7. The summed E-state index contributed by atoms with van der Waals surface area (Å²) in [5.41, 5.74) is 1.31. The Bertz CT molecular complexity index is 492. The normalized spacial score (nSPS) is 20.4. The largest absolute Gasteiger partial charge is 0.387 e. The first kappa shape index (κ1) is 13.5.